The number of benzene rings is 1. The number of rotatable bonds is 3. The average molecular weight is 297 g/mol. The van der Waals surface area contributed by atoms with Crippen molar-refractivity contribution in [1.82, 2.24) is 4.98 Å². The van der Waals surface area contributed by atoms with Gasteiger partial charge in [-0.1, -0.05) is 30.0 Å². The standard InChI is InChI=1S/C14H10F3NOS/c1-9(19)11-4-2-3-5-12(11)20-13-7-6-10(8-18-13)14(15,16)17/h2-8H,1H3. The SMILES string of the molecule is CC(=O)c1ccccc1Sc1ccc(C(F)(F)F)cn1. The molecule has 1 aromatic carbocycles. The van der Waals surface area contributed by atoms with Crippen LogP contribution in [0.1, 0.15) is 22.8 Å². The van der Waals surface area contributed by atoms with E-state index in [1.54, 1.807) is 24.3 Å². The molecule has 0 aliphatic rings. The zero-order chi connectivity index (χ0) is 14.8. The lowest BCUT2D eigenvalue weighted by atomic mass is 10.1. The van der Waals surface area contributed by atoms with Gasteiger partial charge in [-0.05, 0) is 25.1 Å². The Balaban J connectivity index is 2.25. The number of Topliss-reactive ketones (excluding diaryl/α,β-unsaturated/α-hetero) is 1. The number of alkyl halides is 3. The highest BCUT2D eigenvalue weighted by Crippen LogP contribution is 2.32. The van der Waals surface area contributed by atoms with E-state index < -0.39 is 11.7 Å². The van der Waals surface area contributed by atoms with Crippen molar-refractivity contribution < 1.29 is 18.0 Å². The maximum Gasteiger partial charge on any atom is 0.417 e. The Morgan fingerprint density at radius 2 is 1.85 bits per heavy atom. The highest BCUT2D eigenvalue weighted by molar-refractivity contribution is 7.99. The molecule has 2 aromatic rings. The molecule has 0 unspecified atom stereocenters. The van der Waals surface area contributed by atoms with Crippen LogP contribution in [-0.2, 0) is 6.18 Å². The van der Waals surface area contributed by atoms with Gasteiger partial charge in [-0.3, -0.25) is 4.79 Å². The van der Waals surface area contributed by atoms with E-state index in [9.17, 15) is 18.0 Å². The number of hydrogen-bond acceptors (Lipinski definition) is 3. The fourth-order valence-electron chi connectivity index (χ4n) is 1.57. The molecule has 0 radical (unpaired) electrons. The molecule has 20 heavy (non-hydrogen) atoms. The van der Waals surface area contributed by atoms with Crippen LogP contribution in [0, 0.1) is 0 Å². The molecular weight excluding hydrogens is 287 g/mol. The molecule has 1 heterocycles. The van der Waals surface area contributed by atoms with E-state index in [1.807, 2.05) is 0 Å². The third-order valence-electron chi connectivity index (χ3n) is 2.54. The van der Waals surface area contributed by atoms with Gasteiger partial charge in [-0.15, -0.1) is 0 Å². The second kappa shape index (κ2) is 5.66. The van der Waals surface area contributed by atoms with Crippen molar-refractivity contribution in [3.63, 3.8) is 0 Å². The second-order valence-electron chi connectivity index (χ2n) is 4.04. The Hall–Kier alpha value is -1.82. The zero-order valence-corrected chi connectivity index (χ0v) is 11.3. The Morgan fingerprint density at radius 1 is 1.15 bits per heavy atom. The van der Waals surface area contributed by atoms with E-state index in [-0.39, 0.29) is 5.78 Å². The van der Waals surface area contributed by atoms with Gasteiger partial charge in [-0.2, -0.15) is 13.2 Å². The number of hydrogen-bond donors (Lipinski definition) is 0. The van der Waals surface area contributed by atoms with E-state index in [0.717, 1.165) is 24.0 Å². The van der Waals surface area contributed by atoms with Crippen LogP contribution in [0.3, 0.4) is 0 Å². The van der Waals surface area contributed by atoms with Crippen molar-refractivity contribution in [3.8, 4) is 0 Å². The van der Waals surface area contributed by atoms with Crippen LogP contribution in [0.5, 0.6) is 0 Å². The molecule has 1 aromatic heterocycles. The Labute approximate surface area is 118 Å². The van der Waals surface area contributed by atoms with Gasteiger partial charge in [-0.25, -0.2) is 4.98 Å². The molecule has 0 aliphatic carbocycles. The molecule has 0 saturated carbocycles. The fraction of sp³-hybridized carbons (Fsp3) is 0.143. The first kappa shape index (κ1) is 14.6. The number of aromatic nitrogens is 1. The quantitative estimate of drug-likeness (QED) is 0.784. The largest absolute Gasteiger partial charge is 0.417 e. The maximum atomic E-state index is 12.4. The van der Waals surface area contributed by atoms with E-state index in [1.165, 1.54) is 13.0 Å². The minimum atomic E-state index is -4.40. The summed E-state index contributed by atoms with van der Waals surface area (Å²) in [5.41, 5.74) is -0.263. The number of ketones is 1. The van der Waals surface area contributed by atoms with Gasteiger partial charge in [0, 0.05) is 16.7 Å². The molecule has 0 aliphatic heterocycles. The number of nitrogens with zero attached hydrogens (tertiary/aromatic N) is 1. The summed E-state index contributed by atoms with van der Waals surface area (Å²) in [6.07, 6.45) is -3.60. The van der Waals surface area contributed by atoms with Gasteiger partial charge >= 0.3 is 6.18 Å². The Kier molecular flexibility index (Phi) is 4.13. The summed E-state index contributed by atoms with van der Waals surface area (Å²) < 4.78 is 37.3. The van der Waals surface area contributed by atoms with E-state index in [4.69, 9.17) is 0 Å². The highest BCUT2D eigenvalue weighted by atomic mass is 32.2. The third kappa shape index (κ3) is 3.39. The van der Waals surface area contributed by atoms with Crippen LogP contribution < -0.4 is 0 Å². The predicted octanol–water partition coefficient (Wildman–Crippen LogP) is 4.45. The van der Waals surface area contributed by atoms with E-state index in [2.05, 4.69) is 4.98 Å². The van der Waals surface area contributed by atoms with Gasteiger partial charge in [0.15, 0.2) is 5.78 Å². The smallest absolute Gasteiger partial charge is 0.294 e. The number of halogens is 3. The molecule has 0 atom stereocenters. The number of carbonyl (C=O) groups is 1. The summed E-state index contributed by atoms with van der Waals surface area (Å²) >= 11 is 1.16. The van der Waals surface area contributed by atoms with Gasteiger partial charge in [0.1, 0.15) is 5.03 Å². The molecule has 0 fully saturated rings. The van der Waals surface area contributed by atoms with Crippen LogP contribution >= 0.6 is 11.8 Å². The monoisotopic (exact) mass is 297 g/mol. The minimum Gasteiger partial charge on any atom is -0.294 e. The molecule has 104 valence electrons. The van der Waals surface area contributed by atoms with Crippen molar-refractivity contribution >= 4 is 17.5 Å². The summed E-state index contributed by atoms with van der Waals surface area (Å²) in [5, 5.41) is 0.409. The van der Waals surface area contributed by atoms with Crippen LogP contribution in [0.15, 0.2) is 52.5 Å². The molecule has 0 bridgehead atoms. The van der Waals surface area contributed by atoms with Gasteiger partial charge in [0.05, 0.1) is 5.56 Å². The first-order chi connectivity index (χ1) is 9.38. The fourth-order valence-corrected chi connectivity index (χ4v) is 2.50. The van der Waals surface area contributed by atoms with Crippen LogP contribution in [0.2, 0.25) is 0 Å². The minimum absolute atomic E-state index is 0.0972. The van der Waals surface area contributed by atoms with Gasteiger partial charge in [0.25, 0.3) is 0 Å². The van der Waals surface area contributed by atoms with Crippen molar-refractivity contribution in [3.05, 3.63) is 53.7 Å². The lowest BCUT2D eigenvalue weighted by molar-refractivity contribution is -0.137. The lowest BCUT2D eigenvalue weighted by Crippen LogP contribution is -2.05. The zero-order valence-electron chi connectivity index (χ0n) is 10.4. The topological polar surface area (TPSA) is 30.0 Å². The predicted molar refractivity (Wildman–Crippen MR) is 69.8 cm³/mol. The highest BCUT2D eigenvalue weighted by Gasteiger charge is 2.30. The molecule has 2 rings (SSSR count). The Bertz CT molecular complexity index is 623. The summed E-state index contributed by atoms with van der Waals surface area (Å²) in [7, 11) is 0. The van der Waals surface area contributed by atoms with E-state index in [0.29, 0.717) is 15.5 Å². The van der Waals surface area contributed by atoms with Crippen LogP contribution in [0.4, 0.5) is 13.2 Å². The normalized spacial score (nSPS) is 11.4. The van der Waals surface area contributed by atoms with Gasteiger partial charge < -0.3 is 0 Å². The molecule has 2 nitrogen and oxygen atoms in total. The van der Waals surface area contributed by atoms with Crippen LogP contribution in [-0.4, -0.2) is 10.8 Å². The summed E-state index contributed by atoms with van der Waals surface area (Å²) in [6.45, 7) is 1.44. The molecule has 0 saturated heterocycles. The molecule has 0 amide bonds. The number of pyridine rings is 1. The van der Waals surface area contributed by atoms with Gasteiger partial charge in [0.2, 0.25) is 0 Å². The lowest BCUT2D eigenvalue weighted by Gasteiger charge is -2.08. The van der Waals surface area contributed by atoms with E-state index >= 15 is 0 Å². The summed E-state index contributed by atoms with van der Waals surface area (Å²) in [5.74, 6) is -0.0972. The maximum absolute atomic E-state index is 12.4. The Morgan fingerprint density at radius 3 is 2.40 bits per heavy atom. The van der Waals surface area contributed by atoms with Crippen molar-refractivity contribution in [2.24, 2.45) is 0 Å². The summed E-state index contributed by atoms with van der Waals surface area (Å²) in [4.78, 5) is 15.9. The van der Waals surface area contributed by atoms with Crippen molar-refractivity contribution in [2.75, 3.05) is 0 Å². The molecular formula is C14H10F3NOS. The van der Waals surface area contributed by atoms with Crippen molar-refractivity contribution in [1.29, 1.82) is 0 Å². The average Bonchev–Trinajstić information content (AvgIpc) is 2.38. The first-order valence-electron chi connectivity index (χ1n) is 5.69. The third-order valence-corrected chi connectivity index (χ3v) is 3.57. The first-order valence-corrected chi connectivity index (χ1v) is 6.50. The second-order valence-corrected chi connectivity index (χ2v) is 5.10. The van der Waals surface area contributed by atoms with Crippen LogP contribution in [0.25, 0.3) is 0 Å². The summed E-state index contributed by atoms with van der Waals surface area (Å²) in [6, 6.07) is 9.19. The molecule has 6 heteroatoms. The number of carbonyl (C=O) groups excluding carboxylic acids is 1. The molecule has 0 N–H and O–H groups in total. The molecule has 0 spiro atoms. The van der Waals surface area contributed by atoms with Crippen molar-refractivity contribution in [2.45, 2.75) is 23.0 Å².